The van der Waals surface area contributed by atoms with Gasteiger partial charge in [0.15, 0.2) is 5.71 Å². The van der Waals surface area contributed by atoms with E-state index in [1.54, 1.807) is 47.3 Å². The normalized spacial score (nSPS) is 15.8. The summed E-state index contributed by atoms with van der Waals surface area (Å²) in [4.78, 5) is 31.1. The molecule has 0 saturated heterocycles. The molecule has 13 nitrogen and oxygen atoms in total. The Balaban J connectivity index is 0. The molecule has 73 heavy (non-hydrogen) atoms. The number of fused-ring (bicyclic) bond motifs is 2. The fourth-order valence-corrected chi connectivity index (χ4v) is 9.81. The molecule has 3 aliphatic rings. The minimum atomic E-state index is -0.177. The van der Waals surface area contributed by atoms with Crippen molar-refractivity contribution in [3.05, 3.63) is 143 Å². The van der Waals surface area contributed by atoms with Crippen LogP contribution in [0.1, 0.15) is 136 Å². The third-order valence-corrected chi connectivity index (χ3v) is 14.0. The first-order valence-corrected chi connectivity index (χ1v) is 30.5. The van der Waals surface area contributed by atoms with E-state index in [2.05, 4.69) is 139 Å². The molecule has 0 aromatic heterocycles. The topological polar surface area (TPSA) is 216 Å². The quantitative estimate of drug-likeness (QED) is 0.0364. The van der Waals surface area contributed by atoms with Gasteiger partial charge in [0, 0.05) is 78.4 Å². The van der Waals surface area contributed by atoms with Gasteiger partial charge in [-0.25, -0.2) is 0 Å². The first-order chi connectivity index (χ1) is 33.1. The fraction of sp³-hybridized carbons (Fsp3) is 0.527. The first kappa shape index (κ1) is 72.0. The second kappa shape index (κ2) is 36.8. The number of amidine groups is 2. The molecule has 2 heterocycles. The minimum Gasteiger partial charge on any atom is -0.693 e. The predicted molar refractivity (Wildman–Crippen MR) is 308 cm³/mol. The van der Waals surface area contributed by atoms with Crippen LogP contribution < -0.4 is 15.5 Å². The summed E-state index contributed by atoms with van der Waals surface area (Å²) in [6, 6.07) is 17.5. The van der Waals surface area contributed by atoms with Crippen LogP contribution in [0.5, 0.6) is 0 Å². The third kappa shape index (κ3) is 20.4. The Hall–Kier alpha value is -3.12. The van der Waals surface area contributed by atoms with E-state index in [0.717, 1.165) is 75.9 Å². The number of carbonyl (C=O) groups is 2. The molecule has 0 atom stereocenters. The molecule has 2 aromatic rings. The van der Waals surface area contributed by atoms with E-state index in [0.29, 0.717) is 63.5 Å². The van der Waals surface area contributed by atoms with Crippen LogP contribution in [0.25, 0.3) is 29.3 Å². The predicted octanol–water partition coefficient (Wildman–Crippen LogP) is 14.9. The molecule has 0 radical (unpaired) electrons. The largest absolute Gasteiger partial charge is 0.693 e. The van der Waals surface area contributed by atoms with E-state index in [-0.39, 0.29) is 48.5 Å². The van der Waals surface area contributed by atoms with E-state index < -0.39 is 0 Å². The summed E-state index contributed by atoms with van der Waals surface area (Å²) in [5.41, 5.74) is 9.66. The van der Waals surface area contributed by atoms with Crippen LogP contribution in [0.2, 0.25) is 0 Å². The number of anilines is 1. The Bertz CT molecular complexity index is 2210. The Kier molecular flexibility index (Phi) is 36.3. The zero-order chi connectivity index (χ0) is 51.1. The summed E-state index contributed by atoms with van der Waals surface area (Å²) in [5, 5.41) is 26.6. The van der Waals surface area contributed by atoms with Crippen LogP contribution in [0.4, 0.5) is 11.4 Å². The van der Waals surface area contributed by atoms with Gasteiger partial charge in [-0.15, -0.1) is 0 Å². The zero-order valence-electron chi connectivity index (χ0n) is 44.9. The van der Waals surface area contributed by atoms with Gasteiger partial charge >= 0.3 is 56.4 Å². The molecule has 1 aliphatic carbocycles. The van der Waals surface area contributed by atoms with Crippen LogP contribution in [0.15, 0.2) is 94.7 Å². The molecule has 5 rings (SSSR count). The molecule has 8 N–H and O–H groups in total. The summed E-state index contributed by atoms with van der Waals surface area (Å²) in [5.74, 6) is 0.783. The molecule has 0 fully saturated rings. The number of likely N-dealkylation sites (N-methyl/N-ethyl adjacent to an activating group) is 2. The summed E-state index contributed by atoms with van der Waals surface area (Å²) < 4.78 is 2.47. The van der Waals surface area contributed by atoms with Gasteiger partial charge in [0.2, 0.25) is 17.5 Å². The molecule has 418 valence electrons. The Labute approximate surface area is 476 Å². The molecule has 0 spiro atoms. The number of nitrogens with two attached hydrogens (primary N) is 3. The van der Waals surface area contributed by atoms with Crippen molar-refractivity contribution in [3.63, 3.8) is 0 Å². The molecular weight excluding hydrogens is 1340 g/mol. The Morgan fingerprint density at radius 2 is 1.25 bits per heavy atom. The Morgan fingerprint density at radius 3 is 1.81 bits per heavy atom. The van der Waals surface area contributed by atoms with Crippen molar-refractivity contribution in [2.45, 2.75) is 136 Å². The summed E-state index contributed by atoms with van der Waals surface area (Å²) in [6.45, 7) is 17.0. The molecular formula is C55H85Cl3N11O2Pt2-5. The first-order valence-electron chi connectivity index (χ1n) is 24.5. The van der Waals surface area contributed by atoms with Crippen molar-refractivity contribution in [1.29, 1.82) is 0 Å². The summed E-state index contributed by atoms with van der Waals surface area (Å²) in [7, 11) is 12.9. The van der Waals surface area contributed by atoms with Crippen molar-refractivity contribution in [2.75, 3.05) is 58.3 Å². The maximum absolute atomic E-state index is 12.5. The number of hydrogen-bond donors (Lipinski definition) is 2. The number of benzene rings is 2. The van der Waals surface area contributed by atoms with Gasteiger partial charge in [-0.1, -0.05) is 120 Å². The second-order valence-corrected chi connectivity index (χ2v) is 19.3. The van der Waals surface area contributed by atoms with Crippen molar-refractivity contribution in [1.82, 2.24) is 20.4 Å². The van der Waals surface area contributed by atoms with E-state index in [9.17, 15) is 20.4 Å². The summed E-state index contributed by atoms with van der Waals surface area (Å²) >= 11 is 10.6. The van der Waals surface area contributed by atoms with Gasteiger partial charge in [0.05, 0.1) is 5.41 Å². The molecule has 0 bridgehead atoms. The number of unbranched alkanes of at least 4 members (excludes halogenated alkanes) is 4. The standard InChI is InChI=1S/C54H76ClN8O2.CH3.2ClH.3H2N.2Pt/c1-9-48(56)60(7)38-34-58-50(64)28-13-11-19-36-62-44-26-17-15-24-42(44)53(3,4)46(62)32-30-40-22-21-23-41(52(40)55)31-33-47-54(5,6)43-25-16-18-27-45(43)63(47)37-20-12-14-29-51(65)59-35-39-61(8)49(57)10-2;;;;;;;;/h15-18,24-27,30-33H,9-14,19-23,28-29,34-39H2,1-8H3,(H,58,64)(H,59,65);1H3;2*1H;3*1H2;;/q2*-1;;;3*-1;2*+1/p-2. The van der Waals surface area contributed by atoms with Gasteiger partial charge < -0.3 is 62.0 Å². The third-order valence-electron chi connectivity index (χ3n) is 13.6. The smallest absolute Gasteiger partial charge is 0.693 e. The van der Waals surface area contributed by atoms with E-state index in [4.69, 9.17) is 11.6 Å². The molecule has 0 unspecified atom stereocenters. The van der Waals surface area contributed by atoms with Crippen LogP contribution in [-0.2, 0) is 58.0 Å². The number of rotatable bonds is 23. The van der Waals surface area contributed by atoms with Gasteiger partial charge in [0.1, 0.15) is 6.54 Å². The van der Waals surface area contributed by atoms with Crippen molar-refractivity contribution in [3.8, 4) is 0 Å². The molecule has 0 saturated carbocycles. The van der Waals surface area contributed by atoms with E-state index >= 15 is 0 Å². The second-order valence-electron chi connectivity index (χ2n) is 18.9. The Morgan fingerprint density at radius 1 is 0.726 bits per heavy atom. The average molecular weight is 1430 g/mol. The number of nitrogens with zero attached hydrogens (tertiary/aromatic N) is 6. The van der Waals surface area contributed by atoms with Crippen LogP contribution in [-0.4, -0.2) is 96.9 Å². The monoisotopic (exact) mass is 1430 g/mol. The van der Waals surface area contributed by atoms with E-state index in [1.807, 2.05) is 27.9 Å². The van der Waals surface area contributed by atoms with Crippen LogP contribution in [0, 0.1) is 7.43 Å². The average Bonchev–Trinajstić information content (AvgIpc) is 3.71. The number of halogens is 3. The number of carbonyl (C=O) groups excluding carboxylic acids is 2. The van der Waals surface area contributed by atoms with Gasteiger partial charge in [0.25, 0.3) is 0 Å². The summed E-state index contributed by atoms with van der Waals surface area (Å²) in [6.07, 6.45) is 19.7. The van der Waals surface area contributed by atoms with Crippen LogP contribution >= 0.6 is 30.4 Å². The molecule has 2 amide bonds. The van der Waals surface area contributed by atoms with Crippen LogP contribution in [0.3, 0.4) is 0 Å². The number of nitrogens with one attached hydrogen (secondary N) is 2. The van der Waals surface area contributed by atoms with Gasteiger partial charge in [-0.2, -0.15) is 4.58 Å². The zero-order valence-corrected chi connectivity index (χ0v) is 51.7. The molecule has 2 aliphatic heterocycles. The number of amides is 2. The van der Waals surface area contributed by atoms with E-state index in [1.165, 1.54) is 45.1 Å². The van der Waals surface area contributed by atoms with Crippen molar-refractivity contribution in [2.24, 2.45) is 0 Å². The minimum absolute atomic E-state index is 0. The van der Waals surface area contributed by atoms with Gasteiger partial charge in [-0.05, 0) is 114 Å². The number of allylic oxidation sites excluding steroid dienone is 8. The molecule has 18 heteroatoms. The SMILES string of the molecule is CCC(=[N-])N(C)CCNC(=O)CCCCCN1/C(=C/C=C2\CCCC(/C=C/C3=[N+](CCCCCC(=O)NCCN(C)C(=[N-])CC)c4ccccc4C3(C)C)=C2Cl)C(C)(C)c2ccccc21.[CH3-].[Cl][Pt].[Cl][Pt].[NH2-].[NH2-].[NH2-]. The van der Waals surface area contributed by atoms with Crippen molar-refractivity contribution < 1.29 is 51.7 Å². The number of hydrogen-bond acceptors (Lipinski definition) is 3. The number of para-hydroxylation sites is 2. The molecule has 2 aromatic carbocycles. The van der Waals surface area contributed by atoms with Gasteiger partial charge in [-0.3, -0.25) is 9.59 Å². The maximum Gasteiger partial charge on any atom is -0.693 e. The van der Waals surface area contributed by atoms with Crippen molar-refractivity contribution >= 4 is 71.0 Å². The fourth-order valence-electron chi connectivity index (χ4n) is 9.50. The maximum atomic E-state index is 12.5.